The molecule has 1 amide bonds. The van der Waals surface area contributed by atoms with Crippen molar-refractivity contribution >= 4 is 21.6 Å². The van der Waals surface area contributed by atoms with E-state index >= 15 is 0 Å². The number of nitrogens with zero attached hydrogens (tertiary/aromatic N) is 1. The van der Waals surface area contributed by atoms with Crippen molar-refractivity contribution in [1.82, 2.24) is 5.32 Å². The van der Waals surface area contributed by atoms with Crippen LogP contribution in [0.25, 0.3) is 0 Å². The van der Waals surface area contributed by atoms with Crippen LogP contribution in [0.3, 0.4) is 0 Å². The van der Waals surface area contributed by atoms with Crippen LogP contribution in [0.15, 0.2) is 83.8 Å². The molecular formula is C24H26N2O4S. The van der Waals surface area contributed by atoms with Crippen LogP contribution in [0.4, 0.5) is 5.69 Å². The fraction of sp³-hybridized carbons (Fsp3) is 0.208. The second kappa shape index (κ2) is 10.1. The van der Waals surface area contributed by atoms with Gasteiger partial charge in [0.25, 0.3) is 10.0 Å². The van der Waals surface area contributed by atoms with Gasteiger partial charge >= 0.3 is 0 Å². The van der Waals surface area contributed by atoms with Crippen LogP contribution in [0, 0.1) is 6.92 Å². The van der Waals surface area contributed by atoms with Crippen LogP contribution in [0.2, 0.25) is 0 Å². The van der Waals surface area contributed by atoms with E-state index in [1.165, 1.54) is 12.1 Å². The van der Waals surface area contributed by atoms with E-state index in [4.69, 9.17) is 4.74 Å². The SMILES string of the molecule is CCOc1ccc(S(=O)(=O)N(CC(=O)NCc2ccc(C)cc2)c2ccccc2)cc1. The zero-order valence-electron chi connectivity index (χ0n) is 17.6. The van der Waals surface area contributed by atoms with Crippen LogP contribution in [-0.4, -0.2) is 27.5 Å². The van der Waals surface area contributed by atoms with Gasteiger partial charge in [0.15, 0.2) is 0 Å². The number of sulfonamides is 1. The van der Waals surface area contributed by atoms with E-state index in [0.29, 0.717) is 24.6 Å². The zero-order chi connectivity index (χ0) is 22.3. The molecule has 0 aliphatic rings. The molecule has 0 aliphatic carbocycles. The highest BCUT2D eigenvalue weighted by atomic mass is 32.2. The predicted octanol–water partition coefficient (Wildman–Crippen LogP) is 3.91. The van der Waals surface area contributed by atoms with Gasteiger partial charge in [-0.1, -0.05) is 48.0 Å². The van der Waals surface area contributed by atoms with Crippen molar-refractivity contribution in [1.29, 1.82) is 0 Å². The second-order valence-electron chi connectivity index (χ2n) is 7.01. The fourth-order valence-corrected chi connectivity index (χ4v) is 4.42. The monoisotopic (exact) mass is 438 g/mol. The van der Waals surface area contributed by atoms with Crippen molar-refractivity contribution < 1.29 is 17.9 Å². The molecule has 6 nitrogen and oxygen atoms in total. The van der Waals surface area contributed by atoms with Crippen molar-refractivity contribution in [3.8, 4) is 5.75 Å². The normalized spacial score (nSPS) is 11.0. The summed E-state index contributed by atoms with van der Waals surface area (Å²) in [6.07, 6.45) is 0. The Morgan fingerprint density at radius 1 is 0.935 bits per heavy atom. The molecule has 3 aromatic rings. The molecular weight excluding hydrogens is 412 g/mol. The van der Waals surface area contributed by atoms with Crippen molar-refractivity contribution in [2.75, 3.05) is 17.5 Å². The largest absolute Gasteiger partial charge is 0.494 e. The third kappa shape index (κ3) is 5.86. The average molecular weight is 439 g/mol. The van der Waals surface area contributed by atoms with E-state index in [1.807, 2.05) is 38.1 Å². The van der Waals surface area contributed by atoms with Crippen molar-refractivity contribution in [3.63, 3.8) is 0 Å². The summed E-state index contributed by atoms with van der Waals surface area (Å²) < 4.78 is 33.2. The fourth-order valence-electron chi connectivity index (χ4n) is 3.00. The number of ether oxygens (including phenoxy) is 1. The maximum Gasteiger partial charge on any atom is 0.264 e. The second-order valence-corrected chi connectivity index (χ2v) is 8.88. The van der Waals surface area contributed by atoms with E-state index in [-0.39, 0.29) is 17.3 Å². The van der Waals surface area contributed by atoms with E-state index < -0.39 is 10.0 Å². The minimum Gasteiger partial charge on any atom is -0.494 e. The molecule has 0 unspecified atom stereocenters. The lowest BCUT2D eigenvalue weighted by Gasteiger charge is -2.24. The van der Waals surface area contributed by atoms with Gasteiger partial charge < -0.3 is 10.1 Å². The standard InChI is InChI=1S/C24H26N2O4S/c1-3-30-22-13-15-23(16-14-22)31(28,29)26(21-7-5-4-6-8-21)18-24(27)25-17-20-11-9-19(2)10-12-20/h4-16H,3,17-18H2,1-2H3,(H,25,27). The Morgan fingerprint density at radius 2 is 1.58 bits per heavy atom. The smallest absolute Gasteiger partial charge is 0.264 e. The van der Waals surface area contributed by atoms with Crippen LogP contribution in [-0.2, 0) is 21.4 Å². The number of hydrogen-bond donors (Lipinski definition) is 1. The summed E-state index contributed by atoms with van der Waals surface area (Å²) in [5.74, 6) is 0.197. The summed E-state index contributed by atoms with van der Waals surface area (Å²) in [4.78, 5) is 12.7. The van der Waals surface area contributed by atoms with Gasteiger partial charge in [0.1, 0.15) is 12.3 Å². The first-order chi connectivity index (χ1) is 14.9. The van der Waals surface area contributed by atoms with E-state index in [2.05, 4.69) is 5.32 Å². The van der Waals surface area contributed by atoms with E-state index in [1.54, 1.807) is 42.5 Å². The number of hydrogen-bond acceptors (Lipinski definition) is 4. The van der Waals surface area contributed by atoms with Crippen LogP contribution in [0.5, 0.6) is 5.75 Å². The molecule has 0 heterocycles. The van der Waals surface area contributed by atoms with E-state index in [0.717, 1.165) is 15.4 Å². The van der Waals surface area contributed by atoms with Crippen LogP contribution >= 0.6 is 0 Å². The van der Waals surface area contributed by atoms with Gasteiger partial charge in [0, 0.05) is 6.54 Å². The first kappa shape index (κ1) is 22.4. The van der Waals surface area contributed by atoms with Gasteiger partial charge in [-0.2, -0.15) is 0 Å². The highest BCUT2D eigenvalue weighted by molar-refractivity contribution is 7.92. The number of amides is 1. The molecule has 0 atom stereocenters. The molecule has 0 saturated heterocycles. The van der Waals surface area contributed by atoms with Gasteiger partial charge in [0.2, 0.25) is 5.91 Å². The molecule has 1 N–H and O–H groups in total. The number of aryl methyl sites for hydroxylation is 1. The molecule has 162 valence electrons. The number of nitrogens with one attached hydrogen (secondary N) is 1. The van der Waals surface area contributed by atoms with Gasteiger partial charge in [-0.3, -0.25) is 9.10 Å². The van der Waals surface area contributed by atoms with Crippen molar-refractivity contribution in [3.05, 3.63) is 90.0 Å². The number of anilines is 1. The maximum absolute atomic E-state index is 13.4. The number of rotatable bonds is 9. The number of carbonyl (C=O) groups excluding carboxylic acids is 1. The maximum atomic E-state index is 13.4. The lowest BCUT2D eigenvalue weighted by Crippen LogP contribution is -2.40. The van der Waals surface area contributed by atoms with E-state index in [9.17, 15) is 13.2 Å². The van der Waals surface area contributed by atoms with Gasteiger partial charge in [-0.25, -0.2) is 8.42 Å². The highest BCUT2D eigenvalue weighted by Gasteiger charge is 2.27. The minimum absolute atomic E-state index is 0.0890. The van der Waals surface area contributed by atoms with Gasteiger partial charge in [-0.15, -0.1) is 0 Å². The van der Waals surface area contributed by atoms with Crippen LogP contribution in [0.1, 0.15) is 18.1 Å². The predicted molar refractivity (Wildman–Crippen MR) is 122 cm³/mol. The van der Waals surface area contributed by atoms with Gasteiger partial charge in [-0.05, 0) is 55.8 Å². The summed E-state index contributed by atoms with van der Waals surface area (Å²) in [6.45, 7) is 4.34. The first-order valence-corrected chi connectivity index (χ1v) is 11.5. The Balaban J connectivity index is 1.80. The molecule has 0 fully saturated rings. The molecule has 3 rings (SSSR count). The summed E-state index contributed by atoms with van der Waals surface area (Å²) in [5.41, 5.74) is 2.49. The number of para-hydroxylation sites is 1. The Kier molecular flexibility index (Phi) is 7.31. The van der Waals surface area contributed by atoms with Crippen molar-refractivity contribution in [2.45, 2.75) is 25.3 Å². The Morgan fingerprint density at radius 3 is 2.19 bits per heavy atom. The van der Waals surface area contributed by atoms with Gasteiger partial charge in [0.05, 0.1) is 17.2 Å². The topological polar surface area (TPSA) is 75.7 Å². The molecule has 0 aromatic heterocycles. The van der Waals surface area contributed by atoms with Crippen LogP contribution < -0.4 is 14.4 Å². The molecule has 31 heavy (non-hydrogen) atoms. The third-order valence-corrected chi connectivity index (χ3v) is 6.45. The Bertz CT molecular complexity index is 1100. The molecule has 0 bridgehead atoms. The molecule has 0 radical (unpaired) electrons. The number of benzene rings is 3. The lowest BCUT2D eigenvalue weighted by molar-refractivity contribution is -0.119. The average Bonchev–Trinajstić information content (AvgIpc) is 2.78. The summed E-state index contributed by atoms with van der Waals surface area (Å²) in [7, 11) is -3.95. The Hall–Kier alpha value is -3.32. The third-order valence-electron chi connectivity index (χ3n) is 4.66. The quantitative estimate of drug-likeness (QED) is 0.550. The minimum atomic E-state index is -3.95. The molecule has 7 heteroatoms. The lowest BCUT2D eigenvalue weighted by atomic mass is 10.1. The zero-order valence-corrected chi connectivity index (χ0v) is 18.4. The summed E-state index contributed by atoms with van der Waals surface area (Å²) in [6, 6.07) is 22.6. The summed E-state index contributed by atoms with van der Waals surface area (Å²) in [5, 5.41) is 2.80. The molecule has 3 aromatic carbocycles. The molecule has 0 saturated carbocycles. The Labute approximate surface area is 183 Å². The molecule has 0 aliphatic heterocycles. The number of carbonyl (C=O) groups is 1. The highest BCUT2D eigenvalue weighted by Crippen LogP contribution is 2.25. The first-order valence-electron chi connectivity index (χ1n) is 10.0. The molecule has 0 spiro atoms. The van der Waals surface area contributed by atoms with Crippen molar-refractivity contribution in [2.24, 2.45) is 0 Å². The summed E-state index contributed by atoms with van der Waals surface area (Å²) >= 11 is 0.